The number of hydrogen-bond donors (Lipinski definition) is 2. The highest BCUT2D eigenvalue weighted by Crippen LogP contribution is 2.32. The molecule has 1 heterocycles. The molecule has 0 spiro atoms. The van der Waals surface area contributed by atoms with Crippen molar-refractivity contribution < 1.29 is 4.79 Å². The number of halogens is 3. The number of anilines is 2. The van der Waals surface area contributed by atoms with Gasteiger partial charge in [0.05, 0.1) is 26.4 Å². The van der Waals surface area contributed by atoms with Gasteiger partial charge in [0.25, 0.3) is 5.91 Å². The van der Waals surface area contributed by atoms with Crippen molar-refractivity contribution in [2.75, 3.05) is 11.1 Å². The Hall–Kier alpha value is -1.43. The number of aryl methyl sites for hydroxylation is 1. The lowest BCUT2D eigenvalue weighted by molar-refractivity contribution is 0.102. The molecule has 0 bridgehead atoms. The van der Waals surface area contributed by atoms with Crippen molar-refractivity contribution in [1.29, 1.82) is 0 Å². The molecule has 1 amide bonds. The average molecular weight is 320 g/mol. The van der Waals surface area contributed by atoms with Crippen LogP contribution in [0.5, 0.6) is 0 Å². The summed E-state index contributed by atoms with van der Waals surface area (Å²) in [5, 5.41) is 7.40. The van der Waals surface area contributed by atoms with Crippen LogP contribution in [0.25, 0.3) is 0 Å². The lowest BCUT2D eigenvalue weighted by Gasteiger charge is -2.07. The number of carbonyl (C=O) groups is 1. The van der Waals surface area contributed by atoms with Gasteiger partial charge >= 0.3 is 0 Å². The zero-order valence-electron chi connectivity index (χ0n) is 9.75. The van der Waals surface area contributed by atoms with Gasteiger partial charge in [-0.25, -0.2) is 0 Å². The highest BCUT2D eigenvalue weighted by Gasteiger charge is 2.16. The van der Waals surface area contributed by atoms with E-state index >= 15 is 0 Å². The van der Waals surface area contributed by atoms with Crippen LogP contribution < -0.4 is 11.1 Å². The summed E-state index contributed by atoms with van der Waals surface area (Å²) >= 11 is 17.6. The van der Waals surface area contributed by atoms with E-state index in [1.807, 2.05) is 0 Å². The first kappa shape index (κ1) is 14.0. The molecule has 8 heteroatoms. The van der Waals surface area contributed by atoms with Crippen LogP contribution in [-0.4, -0.2) is 15.7 Å². The van der Waals surface area contributed by atoms with Crippen LogP contribution >= 0.6 is 34.8 Å². The molecule has 0 saturated carbocycles. The van der Waals surface area contributed by atoms with Crippen molar-refractivity contribution in [3.05, 3.63) is 39.1 Å². The van der Waals surface area contributed by atoms with Crippen molar-refractivity contribution in [3.8, 4) is 0 Å². The average Bonchev–Trinajstić information content (AvgIpc) is 2.65. The normalized spacial score (nSPS) is 10.5. The van der Waals surface area contributed by atoms with Gasteiger partial charge in [-0.1, -0.05) is 34.8 Å². The predicted octanol–water partition coefficient (Wildman–Crippen LogP) is 3.21. The van der Waals surface area contributed by atoms with Gasteiger partial charge in [-0.2, -0.15) is 5.10 Å². The van der Waals surface area contributed by atoms with Crippen LogP contribution in [0.1, 0.15) is 10.5 Å². The largest absolute Gasteiger partial charge is 0.396 e. The SMILES string of the molecule is Cn1cc(N)c(C(=O)Nc2cc(Cl)c(Cl)cc2Cl)n1. The maximum absolute atomic E-state index is 12.0. The summed E-state index contributed by atoms with van der Waals surface area (Å²) in [6.45, 7) is 0. The molecule has 0 saturated heterocycles. The van der Waals surface area contributed by atoms with E-state index in [0.29, 0.717) is 10.7 Å². The Morgan fingerprint density at radius 3 is 2.47 bits per heavy atom. The molecule has 0 fully saturated rings. The third kappa shape index (κ3) is 2.94. The van der Waals surface area contributed by atoms with Gasteiger partial charge in [-0.15, -0.1) is 0 Å². The monoisotopic (exact) mass is 318 g/mol. The zero-order chi connectivity index (χ0) is 14.2. The number of hydrogen-bond acceptors (Lipinski definition) is 3. The van der Waals surface area contributed by atoms with Crippen molar-refractivity contribution in [2.24, 2.45) is 7.05 Å². The highest BCUT2D eigenvalue weighted by molar-refractivity contribution is 6.44. The quantitative estimate of drug-likeness (QED) is 0.835. The van der Waals surface area contributed by atoms with E-state index in [0.717, 1.165) is 0 Å². The van der Waals surface area contributed by atoms with Crippen LogP contribution in [0.2, 0.25) is 15.1 Å². The number of amides is 1. The maximum Gasteiger partial charge on any atom is 0.278 e. The topological polar surface area (TPSA) is 72.9 Å². The highest BCUT2D eigenvalue weighted by atomic mass is 35.5. The second-order valence-electron chi connectivity index (χ2n) is 3.81. The van der Waals surface area contributed by atoms with E-state index in [1.165, 1.54) is 23.0 Å². The van der Waals surface area contributed by atoms with Gasteiger partial charge in [0.2, 0.25) is 0 Å². The van der Waals surface area contributed by atoms with E-state index < -0.39 is 5.91 Å². The second kappa shape index (κ2) is 5.28. The Balaban J connectivity index is 2.29. The fourth-order valence-electron chi connectivity index (χ4n) is 1.48. The van der Waals surface area contributed by atoms with Gasteiger partial charge in [-0.3, -0.25) is 9.48 Å². The molecule has 0 aliphatic heterocycles. The molecule has 0 radical (unpaired) electrons. The summed E-state index contributed by atoms with van der Waals surface area (Å²) in [6, 6.07) is 2.91. The zero-order valence-corrected chi connectivity index (χ0v) is 12.0. The Bertz CT molecular complexity index is 654. The third-order valence-electron chi connectivity index (χ3n) is 2.33. The van der Waals surface area contributed by atoms with Crippen LogP contribution in [0.15, 0.2) is 18.3 Å². The molecule has 100 valence electrons. The smallest absolute Gasteiger partial charge is 0.278 e. The molecule has 0 atom stereocenters. The summed E-state index contributed by atoms with van der Waals surface area (Å²) in [5.74, 6) is -0.474. The van der Waals surface area contributed by atoms with Crippen LogP contribution in [-0.2, 0) is 7.05 Å². The Labute approximate surface area is 124 Å². The molecule has 19 heavy (non-hydrogen) atoms. The van der Waals surface area contributed by atoms with Gasteiger partial charge in [0, 0.05) is 13.2 Å². The van der Waals surface area contributed by atoms with E-state index in [1.54, 1.807) is 7.05 Å². The number of nitrogens with zero attached hydrogens (tertiary/aromatic N) is 2. The number of nitrogens with two attached hydrogens (primary N) is 1. The molecule has 1 aromatic carbocycles. The molecular formula is C11H9Cl3N4O. The summed E-state index contributed by atoms with van der Waals surface area (Å²) in [5.41, 5.74) is 6.39. The molecule has 2 rings (SSSR count). The summed E-state index contributed by atoms with van der Waals surface area (Å²) in [4.78, 5) is 12.0. The minimum atomic E-state index is -0.474. The van der Waals surface area contributed by atoms with Gasteiger partial charge < -0.3 is 11.1 Å². The van der Waals surface area contributed by atoms with Gasteiger partial charge in [-0.05, 0) is 12.1 Å². The van der Waals surface area contributed by atoms with E-state index in [-0.39, 0.29) is 21.4 Å². The molecule has 0 aliphatic rings. The lowest BCUT2D eigenvalue weighted by Crippen LogP contribution is -2.15. The Kier molecular flexibility index (Phi) is 3.89. The number of rotatable bonds is 2. The van der Waals surface area contributed by atoms with Crippen molar-refractivity contribution in [2.45, 2.75) is 0 Å². The number of nitrogen functional groups attached to an aromatic ring is 1. The molecule has 0 aliphatic carbocycles. The fraction of sp³-hybridized carbons (Fsp3) is 0.0909. The molecule has 1 aromatic heterocycles. The van der Waals surface area contributed by atoms with Crippen molar-refractivity contribution in [3.63, 3.8) is 0 Å². The first-order chi connectivity index (χ1) is 8.88. The van der Waals surface area contributed by atoms with Gasteiger partial charge in [0.15, 0.2) is 5.69 Å². The number of nitrogens with one attached hydrogen (secondary N) is 1. The minimum Gasteiger partial charge on any atom is -0.396 e. The van der Waals surface area contributed by atoms with Crippen molar-refractivity contribution in [1.82, 2.24) is 9.78 Å². The first-order valence-electron chi connectivity index (χ1n) is 5.13. The van der Waals surface area contributed by atoms with Crippen LogP contribution in [0.3, 0.4) is 0 Å². The number of aromatic nitrogens is 2. The fourth-order valence-corrected chi connectivity index (χ4v) is 2.08. The lowest BCUT2D eigenvalue weighted by atomic mass is 10.3. The molecule has 0 unspecified atom stereocenters. The summed E-state index contributed by atoms with van der Waals surface area (Å²) in [6.07, 6.45) is 1.53. The maximum atomic E-state index is 12.0. The molecule has 3 N–H and O–H groups in total. The molecule has 5 nitrogen and oxygen atoms in total. The van der Waals surface area contributed by atoms with Gasteiger partial charge in [0.1, 0.15) is 0 Å². The predicted molar refractivity (Wildman–Crippen MR) is 77.0 cm³/mol. The Morgan fingerprint density at radius 1 is 1.26 bits per heavy atom. The van der Waals surface area contributed by atoms with Crippen LogP contribution in [0.4, 0.5) is 11.4 Å². The van der Waals surface area contributed by atoms with Crippen molar-refractivity contribution >= 4 is 52.1 Å². The van der Waals surface area contributed by atoms with E-state index in [9.17, 15) is 4.79 Å². The Morgan fingerprint density at radius 2 is 1.89 bits per heavy atom. The van der Waals surface area contributed by atoms with E-state index in [2.05, 4.69) is 10.4 Å². The first-order valence-corrected chi connectivity index (χ1v) is 6.27. The minimum absolute atomic E-state index is 0.115. The van der Waals surface area contributed by atoms with E-state index in [4.69, 9.17) is 40.5 Å². The molecular weight excluding hydrogens is 311 g/mol. The van der Waals surface area contributed by atoms with Crippen LogP contribution in [0, 0.1) is 0 Å². The third-order valence-corrected chi connectivity index (χ3v) is 3.37. The summed E-state index contributed by atoms with van der Waals surface area (Å²) in [7, 11) is 1.67. The molecule has 2 aromatic rings. The summed E-state index contributed by atoms with van der Waals surface area (Å²) < 4.78 is 1.45. The second-order valence-corrected chi connectivity index (χ2v) is 5.03. The standard InChI is InChI=1S/C11H9Cl3N4O/c1-18-4-8(15)10(17-18)11(19)16-9-3-6(13)5(12)2-7(9)14/h2-4H,15H2,1H3,(H,16,19). The number of benzene rings is 1. The number of carbonyl (C=O) groups excluding carboxylic acids is 1.